The fourth-order valence-electron chi connectivity index (χ4n) is 5.64. The first kappa shape index (κ1) is 21.7. The van der Waals surface area contributed by atoms with Crippen LogP contribution in [0.1, 0.15) is 56.0 Å². The molecule has 7 rings (SSSR count). The first-order valence-electron chi connectivity index (χ1n) is 12.9. The standard InChI is InChI=1S/C30H29N5O/c31-30(15-6-16-30)22-12-10-21(11-13-22)27-23(20-7-2-1-3-8-20)19-24-25(32-27)14-17-35-28(24)33-34-29(35)26-9-4-5-18-36-26/h1-3,7-8,10-14,17,19,26H,4-6,9,15-16,18,31H2. The summed E-state index contributed by atoms with van der Waals surface area (Å²) in [6.45, 7) is 0.778. The minimum Gasteiger partial charge on any atom is -0.370 e. The van der Waals surface area contributed by atoms with Gasteiger partial charge in [0, 0.05) is 34.9 Å². The van der Waals surface area contributed by atoms with E-state index in [1.165, 1.54) is 12.0 Å². The maximum atomic E-state index is 6.58. The summed E-state index contributed by atoms with van der Waals surface area (Å²) in [6.07, 6.45) is 8.57. The molecule has 1 atom stereocenters. The Morgan fingerprint density at radius 2 is 1.72 bits per heavy atom. The molecule has 2 fully saturated rings. The number of pyridine rings is 2. The highest BCUT2D eigenvalue weighted by atomic mass is 16.5. The number of rotatable bonds is 4. The van der Waals surface area contributed by atoms with Crippen molar-refractivity contribution in [2.75, 3.05) is 6.61 Å². The minimum absolute atomic E-state index is 0.00736. The molecule has 2 aromatic carbocycles. The van der Waals surface area contributed by atoms with E-state index in [0.29, 0.717) is 0 Å². The van der Waals surface area contributed by atoms with Crippen molar-refractivity contribution in [3.63, 3.8) is 0 Å². The Morgan fingerprint density at radius 3 is 2.44 bits per heavy atom. The second-order valence-electron chi connectivity index (χ2n) is 10.2. The number of ether oxygens (including phenoxy) is 1. The van der Waals surface area contributed by atoms with Crippen molar-refractivity contribution < 1.29 is 4.74 Å². The van der Waals surface area contributed by atoms with Crippen LogP contribution in [-0.4, -0.2) is 26.2 Å². The normalized spacial score (nSPS) is 19.4. The van der Waals surface area contributed by atoms with Crippen LogP contribution < -0.4 is 5.73 Å². The van der Waals surface area contributed by atoms with E-state index >= 15 is 0 Å². The number of hydrogen-bond donors (Lipinski definition) is 1. The van der Waals surface area contributed by atoms with Gasteiger partial charge in [-0.25, -0.2) is 4.98 Å². The van der Waals surface area contributed by atoms with Crippen molar-refractivity contribution in [3.8, 4) is 22.4 Å². The van der Waals surface area contributed by atoms with Crippen LogP contribution >= 0.6 is 0 Å². The molecule has 1 unspecified atom stereocenters. The van der Waals surface area contributed by atoms with Crippen molar-refractivity contribution in [1.82, 2.24) is 19.6 Å². The minimum atomic E-state index is -0.170. The summed E-state index contributed by atoms with van der Waals surface area (Å²) >= 11 is 0. The van der Waals surface area contributed by atoms with E-state index in [9.17, 15) is 0 Å². The van der Waals surface area contributed by atoms with Crippen LogP contribution in [0.4, 0.5) is 0 Å². The van der Waals surface area contributed by atoms with Gasteiger partial charge < -0.3 is 10.5 Å². The number of nitrogens with two attached hydrogens (primary N) is 1. The molecule has 2 aliphatic rings. The van der Waals surface area contributed by atoms with Crippen LogP contribution in [0.3, 0.4) is 0 Å². The fraction of sp³-hybridized carbons (Fsp3) is 0.300. The number of fused-ring (bicyclic) bond motifs is 3. The van der Waals surface area contributed by atoms with E-state index in [-0.39, 0.29) is 11.6 Å². The van der Waals surface area contributed by atoms with Crippen LogP contribution in [0.5, 0.6) is 0 Å². The van der Waals surface area contributed by atoms with Crippen LogP contribution in [0.25, 0.3) is 38.9 Å². The predicted octanol–water partition coefficient (Wildman–Crippen LogP) is 6.19. The van der Waals surface area contributed by atoms with Gasteiger partial charge in [-0.05, 0) is 61.8 Å². The lowest BCUT2D eigenvalue weighted by Gasteiger charge is -2.38. The van der Waals surface area contributed by atoms with Gasteiger partial charge in [0.15, 0.2) is 11.5 Å². The van der Waals surface area contributed by atoms with E-state index in [0.717, 1.165) is 83.5 Å². The second kappa shape index (κ2) is 8.50. The van der Waals surface area contributed by atoms with Crippen molar-refractivity contribution in [2.24, 2.45) is 5.73 Å². The lowest BCUT2D eigenvalue weighted by atomic mass is 9.72. The summed E-state index contributed by atoms with van der Waals surface area (Å²) in [6, 6.07) is 23.4. The summed E-state index contributed by atoms with van der Waals surface area (Å²) in [5.74, 6) is 0.874. The molecule has 0 amide bonds. The topological polar surface area (TPSA) is 78.3 Å². The smallest absolute Gasteiger partial charge is 0.170 e. The van der Waals surface area contributed by atoms with E-state index in [1.807, 2.05) is 12.3 Å². The Balaban J connectivity index is 1.39. The Hall–Kier alpha value is -3.61. The summed E-state index contributed by atoms with van der Waals surface area (Å²) in [7, 11) is 0. The van der Waals surface area contributed by atoms with Gasteiger partial charge in [-0.1, -0.05) is 54.6 Å². The molecule has 0 bridgehead atoms. The van der Waals surface area contributed by atoms with Gasteiger partial charge in [0.05, 0.1) is 11.2 Å². The summed E-state index contributed by atoms with van der Waals surface area (Å²) < 4.78 is 8.08. The molecule has 180 valence electrons. The highest BCUT2D eigenvalue weighted by Crippen LogP contribution is 2.40. The zero-order valence-electron chi connectivity index (χ0n) is 20.2. The van der Waals surface area contributed by atoms with Crippen molar-refractivity contribution in [2.45, 2.75) is 50.2 Å². The molecule has 1 aliphatic heterocycles. The SMILES string of the molecule is NC1(c2ccc(-c3nc4ccn5c(C6CCCCO6)nnc5c4cc3-c3ccccc3)cc2)CCC1. The summed E-state index contributed by atoms with van der Waals surface area (Å²) in [5, 5.41) is 10.1. The summed E-state index contributed by atoms with van der Waals surface area (Å²) in [5.41, 5.74) is 13.6. The van der Waals surface area contributed by atoms with E-state index < -0.39 is 0 Å². The van der Waals surface area contributed by atoms with Gasteiger partial charge in [-0.15, -0.1) is 10.2 Å². The van der Waals surface area contributed by atoms with Gasteiger partial charge in [0.1, 0.15) is 6.10 Å². The van der Waals surface area contributed by atoms with E-state index in [1.54, 1.807) is 0 Å². The van der Waals surface area contributed by atoms with Crippen LogP contribution in [0.15, 0.2) is 72.9 Å². The molecule has 36 heavy (non-hydrogen) atoms. The zero-order chi connectivity index (χ0) is 24.1. The van der Waals surface area contributed by atoms with Crippen LogP contribution in [0, 0.1) is 0 Å². The third-order valence-corrected chi connectivity index (χ3v) is 7.93. The molecule has 0 radical (unpaired) electrons. The highest BCUT2D eigenvalue weighted by molar-refractivity contribution is 5.98. The second-order valence-corrected chi connectivity index (χ2v) is 10.2. The quantitative estimate of drug-likeness (QED) is 0.335. The van der Waals surface area contributed by atoms with Crippen molar-refractivity contribution in [3.05, 3.63) is 84.3 Å². The van der Waals surface area contributed by atoms with Gasteiger partial charge in [0.25, 0.3) is 0 Å². The average molecular weight is 476 g/mol. The lowest BCUT2D eigenvalue weighted by molar-refractivity contribution is 0.00886. The molecule has 5 aromatic rings. The summed E-state index contributed by atoms with van der Waals surface area (Å²) in [4.78, 5) is 5.18. The molecule has 6 heteroatoms. The van der Waals surface area contributed by atoms with Crippen LogP contribution in [0.2, 0.25) is 0 Å². The van der Waals surface area contributed by atoms with Crippen molar-refractivity contribution in [1.29, 1.82) is 0 Å². The maximum Gasteiger partial charge on any atom is 0.170 e. The first-order valence-corrected chi connectivity index (χ1v) is 12.9. The molecular formula is C30H29N5O. The van der Waals surface area contributed by atoms with Gasteiger partial charge in [0.2, 0.25) is 0 Å². The largest absolute Gasteiger partial charge is 0.370 e. The van der Waals surface area contributed by atoms with Gasteiger partial charge in [-0.3, -0.25) is 4.40 Å². The molecule has 2 N–H and O–H groups in total. The molecule has 1 aliphatic carbocycles. The third kappa shape index (κ3) is 3.52. The predicted molar refractivity (Wildman–Crippen MR) is 141 cm³/mol. The molecule has 0 spiro atoms. The maximum absolute atomic E-state index is 6.58. The first-order chi connectivity index (χ1) is 17.7. The number of aromatic nitrogens is 4. The third-order valence-electron chi connectivity index (χ3n) is 7.93. The monoisotopic (exact) mass is 475 g/mol. The molecule has 3 aromatic heterocycles. The zero-order valence-corrected chi connectivity index (χ0v) is 20.2. The molecule has 6 nitrogen and oxygen atoms in total. The van der Waals surface area contributed by atoms with Gasteiger partial charge in [-0.2, -0.15) is 0 Å². The highest BCUT2D eigenvalue weighted by Gasteiger charge is 2.34. The molecular weight excluding hydrogens is 446 g/mol. The van der Waals surface area contributed by atoms with Crippen LogP contribution in [-0.2, 0) is 10.3 Å². The Bertz CT molecular complexity index is 1550. The number of nitrogens with zero attached hydrogens (tertiary/aromatic N) is 4. The number of hydrogen-bond acceptors (Lipinski definition) is 5. The Kier molecular flexibility index (Phi) is 5.11. The molecule has 4 heterocycles. The van der Waals surface area contributed by atoms with Crippen molar-refractivity contribution >= 4 is 16.6 Å². The Labute approximate surface area is 210 Å². The lowest BCUT2D eigenvalue weighted by Crippen LogP contribution is -2.43. The molecule has 1 saturated carbocycles. The fourth-order valence-corrected chi connectivity index (χ4v) is 5.64. The molecule has 1 saturated heterocycles. The Morgan fingerprint density at radius 1 is 0.889 bits per heavy atom. The van der Waals surface area contributed by atoms with E-state index in [2.05, 4.69) is 75.3 Å². The van der Waals surface area contributed by atoms with E-state index in [4.69, 9.17) is 15.5 Å². The number of benzene rings is 2. The van der Waals surface area contributed by atoms with Gasteiger partial charge >= 0.3 is 0 Å². The average Bonchev–Trinajstić information content (AvgIpc) is 3.37.